The molecule has 1 amide bonds. The highest BCUT2D eigenvalue weighted by Crippen LogP contribution is 2.31. The average molecular weight is 397 g/mol. The van der Waals surface area contributed by atoms with Gasteiger partial charge in [0.25, 0.3) is 5.91 Å². The fourth-order valence-corrected chi connectivity index (χ4v) is 4.80. The number of hydrogen-bond acceptors (Lipinski definition) is 6. The minimum Gasteiger partial charge on any atom is -0.308 e. The van der Waals surface area contributed by atoms with Gasteiger partial charge in [0, 0.05) is 13.1 Å². The van der Waals surface area contributed by atoms with Crippen LogP contribution in [0.5, 0.6) is 0 Å². The molecule has 2 heterocycles. The van der Waals surface area contributed by atoms with Crippen LogP contribution >= 0.6 is 22.7 Å². The highest BCUT2D eigenvalue weighted by atomic mass is 32.1. The maximum absolute atomic E-state index is 13.3. The third-order valence-electron chi connectivity index (χ3n) is 4.26. The maximum Gasteiger partial charge on any atom is 0.289 e. The zero-order chi connectivity index (χ0) is 19.0. The summed E-state index contributed by atoms with van der Waals surface area (Å²) >= 11 is 2.99. The van der Waals surface area contributed by atoms with Gasteiger partial charge in [-0.25, -0.2) is 9.97 Å². The smallest absolute Gasteiger partial charge is 0.289 e. The van der Waals surface area contributed by atoms with Crippen LogP contribution in [0.2, 0.25) is 0 Å². The van der Waals surface area contributed by atoms with E-state index in [0.717, 1.165) is 32.1 Å². The molecule has 138 valence electrons. The number of nitrogens with zero attached hydrogens (tertiary/aromatic N) is 4. The highest BCUT2D eigenvalue weighted by Gasteiger charge is 2.24. The third-order valence-corrected chi connectivity index (χ3v) is 6.32. The summed E-state index contributed by atoms with van der Waals surface area (Å²) in [7, 11) is 4.00. The van der Waals surface area contributed by atoms with E-state index in [0.29, 0.717) is 11.6 Å². The molecular weight excluding hydrogens is 376 g/mol. The molecule has 27 heavy (non-hydrogen) atoms. The Hall–Kier alpha value is -2.35. The summed E-state index contributed by atoms with van der Waals surface area (Å²) in [5.74, 6) is -0.0890. The second kappa shape index (κ2) is 7.34. The quantitative estimate of drug-likeness (QED) is 0.501. The maximum atomic E-state index is 13.3. The Morgan fingerprint density at radius 3 is 2.52 bits per heavy atom. The van der Waals surface area contributed by atoms with Crippen LogP contribution in [0.3, 0.4) is 0 Å². The molecule has 7 heteroatoms. The minimum atomic E-state index is -0.0890. The van der Waals surface area contributed by atoms with Crippen LogP contribution in [0.4, 0.5) is 5.13 Å². The van der Waals surface area contributed by atoms with Crippen molar-refractivity contribution in [2.45, 2.75) is 6.92 Å². The lowest BCUT2D eigenvalue weighted by atomic mass is 10.2. The van der Waals surface area contributed by atoms with Gasteiger partial charge in [0.2, 0.25) is 0 Å². The fourth-order valence-electron chi connectivity index (χ4n) is 2.80. The lowest BCUT2D eigenvalue weighted by Crippen LogP contribution is -2.36. The number of anilines is 1. The van der Waals surface area contributed by atoms with Crippen molar-refractivity contribution in [3.63, 3.8) is 0 Å². The van der Waals surface area contributed by atoms with E-state index in [1.807, 2.05) is 50.5 Å². The largest absolute Gasteiger partial charge is 0.308 e. The molecule has 0 aliphatic rings. The van der Waals surface area contributed by atoms with E-state index in [2.05, 4.69) is 22.9 Å². The summed E-state index contributed by atoms with van der Waals surface area (Å²) in [6.45, 7) is 3.39. The number of thiazole rings is 2. The van der Waals surface area contributed by atoms with E-state index in [-0.39, 0.29) is 5.91 Å². The second-order valence-electron chi connectivity index (χ2n) is 6.71. The second-order valence-corrected chi connectivity index (χ2v) is 8.75. The number of benzene rings is 2. The van der Waals surface area contributed by atoms with Gasteiger partial charge in [-0.1, -0.05) is 29.5 Å². The molecule has 0 radical (unpaired) electrons. The molecule has 4 aromatic rings. The van der Waals surface area contributed by atoms with Crippen LogP contribution < -0.4 is 4.90 Å². The number of para-hydroxylation sites is 1. The van der Waals surface area contributed by atoms with Crippen molar-refractivity contribution in [3.05, 3.63) is 53.0 Å². The molecular formula is C20H20N4OS2. The van der Waals surface area contributed by atoms with Crippen molar-refractivity contribution in [2.75, 3.05) is 32.1 Å². The first-order chi connectivity index (χ1) is 13.0. The first-order valence-electron chi connectivity index (χ1n) is 8.70. The molecule has 4 rings (SSSR count). The standard InChI is InChI=1S/C20H20N4OS2/c1-13-8-9-15-17(12-13)27-20(22-15)24(11-10-23(2)3)19(25)18-21-14-6-4-5-7-16(14)26-18/h4-9,12H,10-11H2,1-3H3. The van der Waals surface area contributed by atoms with Crippen molar-refractivity contribution in [1.82, 2.24) is 14.9 Å². The molecule has 0 aliphatic heterocycles. The molecule has 5 nitrogen and oxygen atoms in total. The van der Waals surface area contributed by atoms with Crippen molar-refractivity contribution < 1.29 is 4.79 Å². The number of fused-ring (bicyclic) bond motifs is 2. The summed E-state index contributed by atoms with van der Waals surface area (Å²) < 4.78 is 2.12. The van der Waals surface area contributed by atoms with E-state index in [4.69, 9.17) is 4.98 Å². The fraction of sp³-hybridized carbons (Fsp3) is 0.250. The molecule has 0 spiro atoms. The molecule has 0 aliphatic carbocycles. The van der Waals surface area contributed by atoms with Gasteiger partial charge in [0.05, 0.1) is 20.4 Å². The Balaban J connectivity index is 1.73. The van der Waals surface area contributed by atoms with Gasteiger partial charge in [-0.2, -0.15) is 0 Å². The lowest BCUT2D eigenvalue weighted by Gasteiger charge is -2.20. The Morgan fingerprint density at radius 2 is 1.74 bits per heavy atom. The normalized spacial score (nSPS) is 11.6. The molecule has 2 aromatic carbocycles. The predicted molar refractivity (Wildman–Crippen MR) is 114 cm³/mol. The number of likely N-dealkylation sites (N-methyl/N-ethyl adjacent to an activating group) is 1. The van der Waals surface area contributed by atoms with Crippen molar-refractivity contribution in [2.24, 2.45) is 0 Å². The Kier molecular flexibility index (Phi) is 4.90. The summed E-state index contributed by atoms with van der Waals surface area (Å²) in [4.78, 5) is 26.4. The van der Waals surface area contributed by atoms with E-state index in [1.54, 1.807) is 16.2 Å². The van der Waals surface area contributed by atoms with Crippen LogP contribution in [0.25, 0.3) is 20.4 Å². The number of hydrogen-bond donors (Lipinski definition) is 0. The lowest BCUT2D eigenvalue weighted by molar-refractivity contribution is 0.0985. The molecule has 0 atom stereocenters. The van der Waals surface area contributed by atoms with Crippen LogP contribution in [-0.4, -0.2) is 48.0 Å². The summed E-state index contributed by atoms with van der Waals surface area (Å²) in [5, 5.41) is 1.23. The van der Waals surface area contributed by atoms with E-state index in [1.165, 1.54) is 16.9 Å². The van der Waals surface area contributed by atoms with Gasteiger partial charge in [-0.15, -0.1) is 11.3 Å². The molecule has 0 saturated carbocycles. The average Bonchev–Trinajstić information content (AvgIpc) is 3.24. The van der Waals surface area contributed by atoms with Crippen molar-refractivity contribution >= 4 is 54.1 Å². The van der Waals surface area contributed by atoms with Gasteiger partial charge >= 0.3 is 0 Å². The van der Waals surface area contributed by atoms with Crippen molar-refractivity contribution in [1.29, 1.82) is 0 Å². The van der Waals surface area contributed by atoms with Gasteiger partial charge in [-0.3, -0.25) is 9.69 Å². The van der Waals surface area contributed by atoms with Gasteiger partial charge in [-0.05, 0) is 50.8 Å². The summed E-state index contributed by atoms with van der Waals surface area (Å²) in [5.41, 5.74) is 2.97. The number of aryl methyl sites for hydroxylation is 1. The van der Waals surface area contributed by atoms with Gasteiger partial charge in [0.15, 0.2) is 10.1 Å². The van der Waals surface area contributed by atoms with Gasteiger partial charge in [0.1, 0.15) is 0 Å². The first-order valence-corrected chi connectivity index (χ1v) is 10.3. The first kappa shape index (κ1) is 18.0. The summed E-state index contributed by atoms with van der Waals surface area (Å²) in [6, 6.07) is 14.0. The van der Waals surface area contributed by atoms with E-state index < -0.39 is 0 Å². The highest BCUT2D eigenvalue weighted by molar-refractivity contribution is 7.23. The van der Waals surface area contributed by atoms with Crippen molar-refractivity contribution in [3.8, 4) is 0 Å². The number of amides is 1. The van der Waals surface area contributed by atoms with E-state index >= 15 is 0 Å². The Labute approximate surface area is 165 Å². The Bertz CT molecular complexity index is 1080. The van der Waals surface area contributed by atoms with Crippen LogP contribution in [0.1, 0.15) is 15.4 Å². The third kappa shape index (κ3) is 3.71. The molecule has 0 unspecified atom stereocenters. The minimum absolute atomic E-state index is 0.0890. The number of carbonyl (C=O) groups is 1. The number of carbonyl (C=O) groups excluding carboxylic acids is 1. The number of rotatable bonds is 5. The molecule has 0 bridgehead atoms. The Morgan fingerprint density at radius 1 is 0.963 bits per heavy atom. The zero-order valence-corrected chi connectivity index (χ0v) is 17.1. The van der Waals surface area contributed by atoms with Crippen LogP contribution in [0, 0.1) is 6.92 Å². The SMILES string of the molecule is Cc1ccc2nc(N(CCN(C)C)C(=O)c3nc4ccccc4s3)sc2c1. The molecule has 2 aromatic heterocycles. The molecule has 0 fully saturated rings. The van der Waals surface area contributed by atoms with Crippen LogP contribution in [-0.2, 0) is 0 Å². The van der Waals surface area contributed by atoms with Gasteiger partial charge < -0.3 is 4.90 Å². The van der Waals surface area contributed by atoms with Crippen LogP contribution in [0.15, 0.2) is 42.5 Å². The topological polar surface area (TPSA) is 49.3 Å². The predicted octanol–water partition coefficient (Wildman–Crippen LogP) is 4.42. The monoisotopic (exact) mass is 396 g/mol. The zero-order valence-electron chi connectivity index (χ0n) is 15.5. The number of aromatic nitrogens is 2. The summed E-state index contributed by atoms with van der Waals surface area (Å²) in [6.07, 6.45) is 0. The van der Waals surface area contributed by atoms with E-state index in [9.17, 15) is 4.79 Å². The molecule has 0 saturated heterocycles. The molecule has 0 N–H and O–H groups in total.